The van der Waals surface area contributed by atoms with Crippen LogP contribution in [0.4, 0.5) is 67.7 Å². The van der Waals surface area contributed by atoms with Gasteiger partial charge in [-0.25, -0.2) is 29.7 Å². The minimum Gasteiger partial charge on any atom is -0.507 e. The fourth-order valence-electron chi connectivity index (χ4n) is 10.7. The number of anilines is 11. The summed E-state index contributed by atoms with van der Waals surface area (Å²) in [7, 11) is 1.68. The third-order valence-corrected chi connectivity index (χ3v) is 17.4. The van der Waals surface area contributed by atoms with Gasteiger partial charge in [0.1, 0.15) is 51.5 Å². The molecule has 0 saturated carbocycles. The summed E-state index contributed by atoms with van der Waals surface area (Å²) in [4.78, 5) is 181. The molecule has 0 saturated heterocycles. The summed E-state index contributed by atoms with van der Waals surface area (Å²) in [6.07, 6.45) is 18.8. The highest BCUT2D eigenvalue weighted by molar-refractivity contribution is 6.34. The molecule has 11 aromatic rings. The smallest absolute Gasteiger partial charge is 0.373 e. The number of pyridine rings is 6. The number of nitrogens with two attached hydrogens (primary N) is 1. The van der Waals surface area contributed by atoms with Gasteiger partial charge in [-0.15, -0.1) is 0 Å². The number of carbonyl (C=O) groups excluding carboxylic acids is 17. The van der Waals surface area contributed by atoms with Crippen molar-refractivity contribution < 1.29 is 96.1 Å². The fourth-order valence-corrected chi connectivity index (χ4v) is 11.3. The number of urea groups is 1. The number of aromatic amines is 1. The van der Waals surface area contributed by atoms with Gasteiger partial charge in [0.25, 0.3) is 5.56 Å². The maximum atomic E-state index is 11.6. The number of nitrogen functional groups attached to an aromatic ring is 1. The molecule has 38 heteroatoms. The van der Waals surface area contributed by atoms with Crippen molar-refractivity contribution in [2.45, 2.75) is 154 Å². The number of ketones is 1. The first-order valence-electron chi connectivity index (χ1n) is 40.7. The molecule has 0 atom stereocenters. The molecular weight excluding hydrogens is 1790 g/mol. The second-order valence-electron chi connectivity index (χ2n) is 26.3. The number of Topliss-reactive ketones (excluding diaryl/α,β-unsaturated/α-hetero) is 1. The largest absolute Gasteiger partial charge is 0.507 e. The summed E-state index contributed by atoms with van der Waals surface area (Å²) in [6, 6.07) is 51.4. The van der Waals surface area contributed by atoms with Gasteiger partial charge < -0.3 is 57.2 Å². The van der Waals surface area contributed by atoms with Gasteiger partial charge in [0.2, 0.25) is 0 Å². The van der Waals surface area contributed by atoms with Crippen molar-refractivity contribution in [3.8, 4) is 11.5 Å². The number of aryl methyl sites for hydroxylation is 10. The highest BCUT2D eigenvalue weighted by atomic mass is 35.5. The van der Waals surface area contributed by atoms with Crippen LogP contribution in [-0.2, 0) is 127 Å². The number of carbonyl (C=O) groups is 3. The zero-order valence-corrected chi connectivity index (χ0v) is 78.8. The normalized spacial score (nSPS) is 8.93. The van der Waals surface area contributed by atoms with E-state index in [0.29, 0.717) is 53.1 Å². The van der Waals surface area contributed by atoms with Crippen molar-refractivity contribution in [3.63, 3.8) is 0 Å². The molecular formula is C96H109Cl3N14O21. The first kappa shape index (κ1) is 122. The van der Waals surface area contributed by atoms with E-state index in [-0.39, 0.29) is 72.6 Å². The molecule has 0 aliphatic carbocycles. The molecule has 0 spiro atoms. The predicted octanol–water partition coefficient (Wildman–Crippen LogP) is 17.6. The summed E-state index contributed by atoms with van der Waals surface area (Å²) in [5, 5.41) is 33.2. The zero-order valence-electron chi connectivity index (χ0n) is 76.5. The molecule has 35 nitrogen and oxygen atoms in total. The Morgan fingerprint density at radius 3 is 1.16 bits per heavy atom. The maximum absolute atomic E-state index is 11.6. The number of H-pyrrole nitrogens is 1. The minimum absolute atomic E-state index is 0.0362. The number of aromatic hydroxyl groups is 1. The van der Waals surface area contributed by atoms with Gasteiger partial charge in [0.05, 0.1) is 13.7 Å². The number of nitrogens with zero attached hydrogens (tertiary/aromatic N) is 5. The van der Waals surface area contributed by atoms with Gasteiger partial charge in [-0.3, -0.25) is 19.7 Å². The van der Waals surface area contributed by atoms with Crippen molar-refractivity contribution >= 4 is 159 Å². The lowest BCUT2D eigenvalue weighted by atomic mass is 10.1. The number of hydrogen-bond donors (Lipinski definition) is 10. The van der Waals surface area contributed by atoms with Crippen molar-refractivity contribution in [1.82, 2.24) is 35.2 Å². The number of halogens is 3. The molecule has 0 radical (unpaired) electrons. The van der Waals surface area contributed by atoms with E-state index in [2.05, 4.69) is 206 Å². The van der Waals surface area contributed by atoms with Crippen molar-refractivity contribution in [2.24, 2.45) is 0 Å². The van der Waals surface area contributed by atoms with E-state index in [9.17, 15) is 19.2 Å². The topological polar surface area (TPSA) is 536 Å². The van der Waals surface area contributed by atoms with E-state index in [1.165, 1.54) is 51.2 Å². The molecule has 0 bridgehead atoms. The molecule has 6 aromatic heterocycles. The number of esters is 1. The zero-order chi connectivity index (χ0) is 102. The Hall–Kier alpha value is -15.9. The van der Waals surface area contributed by atoms with Crippen molar-refractivity contribution in [2.75, 3.05) is 57.9 Å². The molecule has 0 aliphatic rings. The number of nitrogens with one attached hydrogen (secondary N) is 8. The van der Waals surface area contributed by atoms with Crippen molar-refractivity contribution in [3.05, 3.63) is 282 Å². The summed E-state index contributed by atoms with van der Waals surface area (Å²) in [5.41, 5.74) is 26.3. The van der Waals surface area contributed by atoms with Crippen LogP contribution in [0.2, 0.25) is 15.3 Å². The number of ether oxygens (including phenoxy) is 2. The number of hydrogen-bond acceptors (Lipinski definition) is 32. The molecule has 5 aromatic carbocycles. The molecule has 11 rings (SSSR count). The standard InChI is InChI=1S/C22H25N3O.C17H22N4O.C14H15ClN2.C14H17N3.C8H14O3.C7H7Cl2N.C7H9NO2.7CO2/c1-4-18-15-24-22(23-14-17-8-10-20(26-3)11-9-17)13-21(18)25-19-7-5-6-16(2)12-19;1-4-13-11-19-16(21-17(22)18-5-2)10-15(13)20-14-8-6-7-12(3)9-14;2*1-3-11-9-16-14(15)8-13(11)17-12-6-4-5-10(2)7-12;1-3-5-7(9)6-8(10)11-4-2;1-2-5-4-10-7(9)3-6(5)8;1-2-5-4-8-7(10)3-6(5)9;7*2-1-3/h5-13,15H,4,14H2,1-3H3,(H2,23,24,25);6-11H,4-5H2,1-3H3,(H3,18,19,20,21,22);4-9H,3H2,1-2H3,(H,16,17);4-9H,3H2,1-2H3,(H3,15,16,17);3-6H2,1-2H3;3-4H,2H2,1H3;3-4H,2H2,1H3,(H2,8,9,10);;;;;;;. The molecule has 6 heterocycles. The molecule has 0 aliphatic heterocycles. The second-order valence-corrected chi connectivity index (χ2v) is 27.5. The van der Waals surface area contributed by atoms with Crippen LogP contribution in [-0.4, -0.2) is 116 Å². The minimum atomic E-state index is -0.411. The van der Waals surface area contributed by atoms with Crippen LogP contribution < -0.4 is 53.2 Å². The summed E-state index contributed by atoms with van der Waals surface area (Å²) < 4.78 is 9.80. The lowest BCUT2D eigenvalue weighted by Gasteiger charge is -2.14. The lowest BCUT2D eigenvalue weighted by molar-refractivity contribution is -0.193. The summed E-state index contributed by atoms with van der Waals surface area (Å²) >= 11 is 17.3. The van der Waals surface area contributed by atoms with E-state index >= 15 is 0 Å². The van der Waals surface area contributed by atoms with Crippen LogP contribution in [0.3, 0.4) is 0 Å². The van der Waals surface area contributed by atoms with Gasteiger partial charge in [-0.1, -0.05) is 144 Å². The first-order valence-corrected chi connectivity index (χ1v) is 41.8. The average molecular weight is 1900 g/mol. The van der Waals surface area contributed by atoms with Gasteiger partial charge in [-0.05, 0) is 215 Å². The Bertz CT molecular complexity index is 5400. The fraction of sp³-hybridized carbons (Fsp3) is 0.271. The van der Waals surface area contributed by atoms with Crippen LogP contribution >= 0.6 is 34.8 Å². The van der Waals surface area contributed by atoms with Crippen molar-refractivity contribution in [1.29, 1.82) is 0 Å². The Morgan fingerprint density at radius 2 is 0.799 bits per heavy atom. The summed E-state index contributed by atoms with van der Waals surface area (Å²) in [5.74, 6) is 2.41. The Morgan fingerprint density at radius 1 is 0.440 bits per heavy atom. The highest BCUT2D eigenvalue weighted by Gasteiger charge is 2.12. The lowest BCUT2D eigenvalue weighted by Crippen LogP contribution is -2.28. The first-order chi connectivity index (χ1) is 64.2. The molecule has 0 unspecified atom stereocenters. The molecule has 2 amide bonds. The third-order valence-electron chi connectivity index (χ3n) is 16.7. The quantitative estimate of drug-likeness (QED) is 0.0144. The Balaban J connectivity index is -0.00000147. The monoisotopic (exact) mass is 1900 g/mol. The van der Waals surface area contributed by atoms with Gasteiger partial charge in [0, 0.05) is 137 Å². The van der Waals surface area contributed by atoms with Crippen LogP contribution in [0.15, 0.2) is 200 Å². The number of amides is 2. The summed E-state index contributed by atoms with van der Waals surface area (Å²) in [6.45, 7) is 27.8. The molecule has 0 fully saturated rings. The van der Waals surface area contributed by atoms with E-state index in [4.69, 9.17) is 118 Å². The van der Waals surface area contributed by atoms with Crippen LogP contribution in [0.1, 0.15) is 143 Å². The predicted molar refractivity (Wildman–Crippen MR) is 503 cm³/mol. The van der Waals surface area contributed by atoms with Crippen LogP contribution in [0.5, 0.6) is 11.5 Å². The molecule has 710 valence electrons. The van der Waals surface area contributed by atoms with Gasteiger partial charge in [-0.2, -0.15) is 67.1 Å². The number of methoxy groups -OCH3 is 1. The number of rotatable bonds is 25. The van der Waals surface area contributed by atoms with E-state index in [1.807, 2.05) is 113 Å². The van der Waals surface area contributed by atoms with E-state index in [1.54, 1.807) is 32.5 Å². The number of aromatic nitrogens is 6. The average Bonchev–Trinajstić information content (AvgIpc) is 0.847. The maximum Gasteiger partial charge on any atom is 0.373 e. The van der Waals surface area contributed by atoms with E-state index in [0.717, 1.165) is 124 Å². The van der Waals surface area contributed by atoms with Crippen LogP contribution in [0, 0.1) is 27.7 Å². The number of benzene rings is 5. The molecule has 134 heavy (non-hydrogen) atoms. The Kier molecular flexibility index (Phi) is 70.4. The molecule has 11 N–H and O–H groups in total. The van der Waals surface area contributed by atoms with Gasteiger partial charge >= 0.3 is 55.1 Å². The van der Waals surface area contributed by atoms with Gasteiger partial charge in [0.15, 0.2) is 0 Å². The SMILES string of the molecule is CCCC(=O)CC(=O)OCC.CCNC(=O)Nc1cc(Nc2cccc(C)c2)c(CC)cn1.CCc1c[nH]c(=O)cc1O.CCc1cnc(Cl)cc1Cl.CCc1cnc(Cl)cc1Nc1cccc(C)c1.CCc1cnc(N)cc1Nc1cccc(C)c1.CCc1cnc(NCc2ccc(OC)cc2)cc1Nc1cccc(C)c1.O=C=O.O=C=O.O=C=O.O=C=O.O=C=O.O=C=O.O=C=O. The van der Waals surface area contributed by atoms with E-state index < -0.39 is 5.97 Å². The van der Waals surface area contributed by atoms with Crippen LogP contribution in [0.25, 0.3) is 0 Å². The second kappa shape index (κ2) is 77.1. The highest BCUT2D eigenvalue weighted by Crippen LogP contribution is 2.29. The Labute approximate surface area is 791 Å². The third kappa shape index (κ3) is 57.1.